The maximum Gasteiger partial charge on any atom is 0.343 e. The third-order valence-electron chi connectivity index (χ3n) is 4.07. The quantitative estimate of drug-likeness (QED) is 0.848. The van der Waals surface area contributed by atoms with Gasteiger partial charge in [-0.05, 0) is 26.3 Å². The molecule has 128 valence electrons. The molecule has 2 heterocycles. The number of rotatable bonds is 3. The Morgan fingerprint density at radius 3 is 2.84 bits per heavy atom. The van der Waals surface area contributed by atoms with Gasteiger partial charge in [-0.2, -0.15) is 5.26 Å². The molecule has 1 atom stereocenters. The first kappa shape index (κ1) is 17.1. The summed E-state index contributed by atoms with van der Waals surface area (Å²) in [6, 6.07) is 10.1. The molecule has 1 unspecified atom stereocenters. The number of aryl methyl sites for hydroxylation is 2. The van der Waals surface area contributed by atoms with Crippen LogP contribution in [0.3, 0.4) is 0 Å². The summed E-state index contributed by atoms with van der Waals surface area (Å²) in [6.45, 7) is 5.87. The maximum absolute atomic E-state index is 12.3. The predicted molar refractivity (Wildman–Crippen MR) is 95.5 cm³/mol. The summed E-state index contributed by atoms with van der Waals surface area (Å²) in [7, 11) is 0. The summed E-state index contributed by atoms with van der Waals surface area (Å²) in [6.07, 6.45) is 0. The molecule has 3 rings (SSSR count). The van der Waals surface area contributed by atoms with Crippen LogP contribution in [-0.2, 0) is 4.74 Å². The number of thiophene rings is 1. The molecule has 0 bridgehead atoms. The third-order valence-corrected chi connectivity index (χ3v) is 5.22. The van der Waals surface area contributed by atoms with E-state index in [1.807, 2.05) is 38.1 Å². The van der Waals surface area contributed by atoms with Gasteiger partial charge in [0.05, 0.1) is 17.4 Å². The molecule has 0 fully saturated rings. The molecule has 0 saturated heterocycles. The van der Waals surface area contributed by atoms with E-state index in [9.17, 15) is 10.1 Å². The number of esters is 1. The van der Waals surface area contributed by atoms with Crippen LogP contribution in [0.1, 0.15) is 44.1 Å². The zero-order valence-electron chi connectivity index (χ0n) is 14.3. The van der Waals surface area contributed by atoms with Gasteiger partial charge in [0.15, 0.2) is 5.75 Å². The SMILES string of the molecule is CCOC(=O)c1c(C)sc2c1OC(N)=C(C#N)C2c1cccc(C)c1. The molecule has 2 N–H and O–H groups in total. The fourth-order valence-corrected chi connectivity index (χ4v) is 4.22. The average Bonchev–Trinajstić information content (AvgIpc) is 2.89. The highest BCUT2D eigenvalue weighted by atomic mass is 32.1. The Labute approximate surface area is 150 Å². The molecule has 0 amide bonds. The molecule has 0 aliphatic carbocycles. The molecule has 1 aliphatic heterocycles. The largest absolute Gasteiger partial charge is 0.462 e. The van der Waals surface area contributed by atoms with E-state index in [-0.39, 0.29) is 18.4 Å². The van der Waals surface area contributed by atoms with Gasteiger partial charge in [0, 0.05) is 4.88 Å². The summed E-state index contributed by atoms with van der Waals surface area (Å²) in [5.41, 5.74) is 8.78. The minimum absolute atomic E-state index is 0.0323. The van der Waals surface area contributed by atoms with Crippen LogP contribution in [0.5, 0.6) is 5.75 Å². The number of hydrogen-bond donors (Lipinski definition) is 1. The number of hydrogen-bond acceptors (Lipinski definition) is 6. The number of ether oxygens (including phenoxy) is 2. The van der Waals surface area contributed by atoms with Crippen LogP contribution in [0.4, 0.5) is 0 Å². The van der Waals surface area contributed by atoms with Crippen molar-refractivity contribution in [1.82, 2.24) is 0 Å². The predicted octanol–water partition coefficient (Wildman–Crippen LogP) is 3.76. The van der Waals surface area contributed by atoms with Crippen LogP contribution >= 0.6 is 11.3 Å². The van der Waals surface area contributed by atoms with Crippen LogP contribution in [0.25, 0.3) is 0 Å². The van der Waals surface area contributed by atoms with E-state index in [1.165, 1.54) is 11.3 Å². The highest BCUT2D eigenvalue weighted by Crippen LogP contribution is 2.49. The van der Waals surface area contributed by atoms with Gasteiger partial charge >= 0.3 is 5.97 Å². The molecule has 2 aromatic rings. The molecule has 0 spiro atoms. The maximum atomic E-state index is 12.3. The normalized spacial score (nSPS) is 16.0. The van der Waals surface area contributed by atoms with Crippen LogP contribution < -0.4 is 10.5 Å². The van der Waals surface area contributed by atoms with Gasteiger partial charge in [-0.25, -0.2) is 4.79 Å². The Balaban J connectivity index is 2.22. The Bertz CT molecular complexity index is 921. The Morgan fingerprint density at radius 1 is 1.44 bits per heavy atom. The number of benzene rings is 1. The zero-order chi connectivity index (χ0) is 18.1. The highest BCUT2D eigenvalue weighted by molar-refractivity contribution is 7.12. The molecule has 1 aromatic carbocycles. The van der Waals surface area contributed by atoms with Crippen LogP contribution in [0.2, 0.25) is 0 Å². The van der Waals surface area contributed by atoms with Gasteiger partial charge < -0.3 is 15.2 Å². The Hall–Kier alpha value is -2.78. The van der Waals surface area contributed by atoms with Crippen LogP contribution in [-0.4, -0.2) is 12.6 Å². The molecular formula is C19H18N2O3S. The lowest BCUT2D eigenvalue weighted by Gasteiger charge is -2.24. The number of nitrogens with zero attached hydrogens (tertiary/aromatic N) is 1. The second-order valence-corrected chi connectivity index (χ2v) is 7.04. The summed E-state index contributed by atoms with van der Waals surface area (Å²) < 4.78 is 10.8. The summed E-state index contributed by atoms with van der Waals surface area (Å²) in [4.78, 5) is 13.9. The first-order chi connectivity index (χ1) is 12.0. The van der Waals surface area contributed by atoms with Crippen molar-refractivity contribution in [3.63, 3.8) is 0 Å². The molecular weight excluding hydrogens is 336 g/mol. The van der Waals surface area contributed by atoms with Gasteiger partial charge in [-0.15, -0.1) is 11.3 Å². The molecule has 1 aliphatic rings. The lowest BCUT2D eigenvalue weighted by atomic mass is 9.87. The lowest BCUT2D eigenvalue weighted by Crippen LogP contribution is -2.21. The number of fused-ring (bicyclic) bond motifs is 1. The summed E-state index contributed by atoms with van der Waals surface area (Å²) in [5, 5.41) is 9.60. The minimum atomic E-state index is -0.436. The van der Waals surface area contributed by atoms with Gasteiger partial charge in [-0.1, -0.05) is 29.8 Å². The van der Waals surface area contributed by atoms with E-state index in [2.05, 4.69) is 6.07 Å². The molecule has 1 aromatic heterocycles. The lowest BCUT2D eigenvalue weighted by molar-refractivity contribution is 0.0522. The minimum Gasteiger partial charge on any atom is -0.462 e. The molecule has 5 nitrogen and oxygen atoms in total. The molecule has 25 heavy (non-hydrogen) atoms. The molecule has 6 heteroatoms. The fourth-order valence-electron chi connectivity index (χ4n) is 3.00. The van der Waals surface area contributed by atoms with Crippen molar-refractivity contribution in [1.29, 1.82) is 5.26 Å². The van der Waals surface area contributed by atoms with Crippen molar-refractivity contribution in [2.75, 3.05) is 6.61 Å². The van der Waals surface area contributed by atoms with E-state index >= 15 is 0 Å². The van der Waals surface area contributed by atoms with Gasteiger partial charge in [0.2, 0.25) is 5.88 Å². The molecule has 0 radical (unpaired) electrons. The van der Waals surface area contributed by atoms with E-state index in [0.29, 0.717) is 16.9 Å². The number of carbonyl (C=O) groups excluding carboxylic acids is 1. The first-order valence-corrected chi connectivity index (χ1v) is 8.74. The van der Waals surface area contributed by atoms with E-state index in [1.54, 1.807) is 6.92 Å². The van der Waals surface area contributed by atoms with E-state index in [4.69, 9.17) is 15.2 Å². The fraction of sp³-hybridized carbons (Fsp3) is 0.263. The summed E-state index contributed by atoms with van der Waals surface area (Å²) in [5.74, 6) is -0.344. The van der Waals surface area contributed by atoms with Crippen molar-refractivity contribution in [2.45, 2.75) is 26.7 Å². The van der Waals surface area contributed by atoms with Crippen LogP contribution in [0.15, 0.2) is 35.7 Å². The summed E-state index contributed by atoms with van der Waals surface area (Å²) >= 11 is 1.43. The Morgan fingerprint density at radius 2 is 2.20 bits per heavy atom. The number of carbonyl (C=O) groups is 1. The van der Waals surface area contributed by atoms with Crippen molar-refractivity contribution in [2.24, 2.45) is 5.73 Å². The average molecular weight is 354 g/mol. The smallest absolute Gasteiger partial charge is 0.343 e. The van der Waals surface area contributed by atoms with E-state index in [0.717, 1.165) is 20.9 Å². The van der Waals surface area contributed by atoms with Gasteiger partial charge in [-0.3, -0.25) is 0 Å². The third kappa shape index (κ3) is 2.87. The van der Waals surface area contributed by atoms with Gasteiger partial charge in [0.1, 0.15) is 17.2 Å². The molecule has 0 saturated carbocycles. The standard InChI is InChI=1S/C19H18N2O3S/c1-4-23-19(22)14-11(3)25-17-15(12-7-5-6-10(2)8-12)13(9-20)18(21)24-16(14)17/h5-8,15H,4,21H2,1-3H3. The van der Waals surface area contributed by atoms with Gasteiger partial charge in [0.25, 0.3) is 0 Å². The van der Waals surface area contributed by atoms with Crippen molar-refractivity contribution >= 4 is 17.3 Å². The number of nitriles is 1. The Kier molecular flexibility index (Phi) is 4.51. The topological polar surface area (TPSA) is 85.3 Å². The monoisotopic (exact) mass is 354 g/mol. The first-order valence-electron chi connectivity index (χ1n) is 7.92. The van der Waals surface area contributed by atoms with Crippen molar-refractivity contribution < 1.29 is 14.3 Å². The zero-order valence-corrected chi connectivity index (χ0v) is 15.1. The number of nitrogens with two attached hydrogens (primary N) is 1. The highest BCUT2D eigenvalue weighted by Gasteiger charge is 2.37. The van der Waals surface area contributed by atoms with Crippen molar-refractivity contribution in [3.05, 3.63) is 62.2 Å². The van der Waals surface area contributed by atoms with Crippen molar-refractivity contribution in [3.8, 4) is 11.8 Å². The van der Waals surface area contributed by atoms with Crippen LogP contribution in [0, 0.1) is 25.2 Å². The second kappa shape index (κ2) is 6.61. The second-order valence-electron chi connectivity index (χ2n) is 5.79. The van der Waals surface area contributed by atoms with E-state index < -0.39 is 5.97 Å². The number of allylic oxidation sites excluding steroid dienone is 1.